The van der Waals surface area contributed by atoms with Gasteiger partial charge in [-0.25, -0.2) is 0 Å². The Labute approximate surface area is 123 Å². The van der Waals surface area contributed by atoms with Crippen molar-refractivity contribution in [3.63, 3.8) is 0 Å². The minimum atomic E-state index is -0.258. The van der Waals surface area contributed by atoms with Crippen molar-refractivity contribution in [1.29, 1.82) is 0 Å². The SMILES string of the molecule is COCCn1cnnc1[C@@H](C)NC(=O)c1cc(C)oc1C. The maximum Gasteiger partial charge on any atom is 0.255 e. The van der Waals surface area contributed by atoms with Gasteiger partial charge in [0.15, 0.2) is 5.82 Å². The molecule has 7 heteroatoms. The van der Waals surface area contributed by atoms with Gasteiger partial charge < -0.3 is 19.0 Å². The van der Waals surface area contributed by atoms with E-state index in [-0.39, 0.29) is 11.9 Å². The van der Waals surface area contributed by atoms with Crippen molar-refractivity contribution in [3.8, 4) is 0 Å². The highest BCUT2D eigenvalue weighted by Gasteiger charge is 2.19. The van der Waals surface area contributed by atoms with Crippen LogP contribution in [0.1, 0.15) is 40.7 Å². The maximum absolute atomic E-state index is 12.3. The van der Waals surface area contributed by atoms with Crippen LogP contribution in [0.25, 0.3) is 0 Å². The predicted molar refractivity (Wildman–Crippen MR) is 76.0 cm³/mol. The van der Waals surface area contributed by atoms with Crippen molar-refractivity contribution in [2.45, 2.75) is 33.4 Å². The summed E-state index contributed by atoms with van der Waals surface area (Å²) >= 11 is 0. The van der Waals surface area contributed by atoms with E-state index in [0.29, 0.717) is 36.1 Å². The third-order valence-corrected chi connectivity index (χ3v) is 3.20. The zero-order valence-electron chi connectivity index (χ0n) is 12.7. The lowest BCUT2D eigenvalue weighted by Gasteiger charge is -2.14. The summed E-state index contributed by atoms with van der Waals surface area (Å²) in [5.41, 5.74) is 0.544. The molecule has 1 amide bonds. The van der Waals surface area contributed by atoms with Gasteiger partial charge in [0.2, 0.25) is 0 Å². The number of rotatable bonds is 6. The number of carbonyl (C=O) groups is 1. The van der Waals surface area contributed by atoms with E-state index in [1.54, 1.807) is 26.4 Å². The highest BCUT2D eigenvalue weighted by atomic mass is 16.5. The Hall–Kier alpha value is -2.15. The molecule has 114 valence electrons. The van der Waals surface area contributed by atoms with Gasteiger partial charge in [-0.05, 0) is 26.8 Å². The van der Waals surface area contributed by atoms with Gasteiger partial charge in [0.25, 0.3) is 5.91 Å². The molecular formula is C14H20N4O3. The van der Waals surface area contributed by atoms with E-state index in [1.165, 1.54) is 0 Å². The number of methoxy groups -OCH3 is 1. The Kier molecular flexibility index (Phi) is 4.74. The summed E-state index contributed by atoms with van der Waals surface area (Å²) in [6, 6.07) is 1.47. The molecule has 0 saturated heterocycles. The molecule has 0 unspecified atom stereocenters. The van der Waals surface area contributed by atoms with Gasteiger partial charge in [0, 0.05) is 13.7 Å². The van der Waals surface area contributed by atoms with E-state index < -0.39 is 0 Å². The Morgan fingerprint density at radius 3 is 2.90 bits per heavy atom. The van der Waals surface area contributed by atoms with Gasteiger partial charge >= 0.3 is 0 Å². The summed E-state index contributed by atoms with van der Waals surface area (Å²) < 4.78 is 12.3. The third kappa shape index (κ3) is 3.49. The summed E-state index contributed by atoms with van der Waals surface area (Å²) in [7, 11) is 1.64. The minimum Gasteiger partial charge on any atom is -0.466 e. The second kappa shape index (κ2) is 6.53. The van der Waals surface area contributed by atoms with Crippen LogP contribution in [-0.4, -0.2) is 34.4 Å². The largest absolute Gasteiger partial charge is 0.466 e. The van der Waals surface area contributed by atoms with Crippen LogP contribution < -0.4 is 5.32 Å². The Morgan fingerprint density at radius 2 is 2.29 bits per heavy atom. The number of amides is 1. The number of nitrogens with one attached hydrogen (secondary N) is 1. The molecule has 0 fully saturated rings. The van der Waals surface area contributed by atoms with Crippen molar-refractivity contribution in [2.24, 2.45) is 0 Å². The first-order valence-electron chi connectivity index (χ1n) is 6.77. The zero-order chi connectivity index (χ0) is 15.4. The second-order valence-corrected chi connectivity index (χ2v) is 4.90. The average molecular weight is 292 g/mol. The van der Waals surface area contributed by atoms with Crippen LogP contribution in [0.2, 0.25) is 0 Å². The van der Waals surface area contributed by atoms with E-state index in [1.807, 2.05) is 18.4 Å². The van der Waals surface area contributed by atoms with Crippen LogP contribution in [0, 0.1) is 13.8 Å². The van der Waals surface area contributed by atoms with Crippen molar-refractivity contribution >= 4 is 5.91 Å². The summed E-state index contributed by atoms with van der Waals surface area (Å²) in [6.45, 7) is 6.66. The fourth-order valence-corrected chi connectivity index (χ4v) is 2.16. The van der Waals surface area contributed by atoms with Crippen molar-refractivity contribution in [3.05, 3.63) is 35.3 Å². The number of hydrogen-bond acceptors (Lipinski definition) is 5. The number of carbonyl (C=O) groups excluding carboxylic acids is 1. The fourth-order valence-electron chi connectivity index (χ4n) is 2.16. The molecule has 0 aromatic carbocycles. The zero-order valence-corrected chi connectivity index (χ0v) is 12.7. The summed E-state index contributed by atoms with van der Waals surface area (Å²) in [4.78, 5) is 12.3. The topological polar surface area (TPSA) is 82.2 Å². The first kappa shape index (κ1) is 15.2. The van der Waals surface area contributed by atoms with E-state index in [9.17, 15) is 4.79 Å². The number of hydrogen-bond donors (Lipinski definition) is 1. The molecule has 1 atom stereocenters. The molecule has 0 saturated carbocycles. The van der Waals surface area contributed by atoms with Crippen LogP contribution in [0.4, 0.5) is 0 Å². The quantitative estimate of drug-likeness (QED) is 0.875. The number of aryl methyl sites for hydroxylation is 2. The van der Waals surface area contributed by atoms with Gasteiger partial charge in [-0.15, -0.1) is 10.2 Å². The molecular weight excluding hydrogens is 272 g/mol. The Balaban J connectivity index is 2.07. The van der Waals surface area contributed by atoms with Gasteiger partial charge in [0.1, 0.15) is 17.8 Å². The molecule has 21 heavy (non-hydrogen) atoms. The highest BCUT2D eigenvalue weighted by molar-refractivity contribution is 5.95. The molecule has 2 heterocycles. The minimum absolute atomic E-state index is 0.182. The molecule has 0 bridgehead atoms. The molecule has 2 rings (SSSR count). The molecule has 0 aliphatic heterocycles. The average Bonchev–Trinajstić information content (AvgIpc) is 3.02. The predicted octanol–water partition coefficient (Wildman–Crippen LogP) is 1.63. The van der Waals surface area contributed by atoms with Crippen LogP contribution >= 0.6 is 0 Å². The smallest absolute Gasteiger partial charge is 0.255 e. The molecule has 0 radical (unpaired) electrons. The normalized spacial score (nSPS) is 12.4. The van der Waals surface area contributed by atoms with Crippen molar-refractivity contribution in [1.82, 2.24) is 20.1 Å². The maximum atomic E-state index is 12.3. The monoisotopic (exact) mass is 292 g/mol. The lowest BCUT2D eigenvalue weighted by Crippen LogP contribution is -2.29. The molecule has 1 N–H and O–H groups in total. The summed E-state index contributed by atoms with van der Waals surface area (Å²) in [6.07, 6.45) is 1.63. The van der Waals surface area contributed by atoms with Gasteiger partial charge in [0.05, 0.1) is 18.2 Å². The van der Waals surface area contributed by atoms with Crippen molar-refractivity contribution in [2.75, 3.05) is 13.7 Å². The standard InChI is InChI=1S/C14H20N4O3/c1-9-7-12(11(3)21-9)14(19)16-10(2)13-17-15-8-18(13)5-6-20-4/h7-8,10H,5-6H2,1-4H3,(H,16,19)/t10-/m1/s1. The van der Waals surface area contributed by atoms with Crippen LogP contribution in [0.15, 0.2) is 16.8 Å². The lowest BCUT2D eigenvalue weighted by atomic mass is 10.2. The number of nitrogens with zero attached hydrogens (tertiary/aromatic N) is 3. The van der Waals surface area contributed by atoms with Gasteiger partial charge in [-0.3, -0.25) is 4.79 Å². The lowest BCUT2D eigenvalue weighted by molar-refractivity contribution is 0.0935. The van der Waals surface area contributed by atoms with Crippen molar-refractivity contribution < 1.29 is 13.9 Å². The Morgan fingerprint density at radius 1 is 1.52 bits per heavy atom. The molecule has 2 aromatic heterocycles. The van der Waals surface area contributed by atoms with Crippen LogP contribution in [-0.2, 0) is 11.3 Å². The third-order valence-electron chi connectivity index (χ3n) is 3.20. The second-order valence-electron chi connectivity index (χ2n) is 4.90. The molecule has 0 aliphatic carbocycles. The molecule has 2 aromatic rings. The Bertz CT molecular complexity index is 618. The van der Waals surface area contributed by atoms with E-state index in [4.69, 9.17) is 9.15 Å². The first-order valence-corrected chi connectivity index (χ1v) is 6.77. The molecule has 7 nitrogen and oxygen atoms in total. The fraction of sp³-hybridized carbons (Fsp3) is 0.500. The van der Waals surface area contributed by atoms with E-state index in [0.717, 1.165) is 0 Å². The number of ether oxygens (including phenoxy) is 1. The number of aromatic nitrogens is 3. The first-order chi connectivity index (χ1) is 10.0. The highest BCUT2D eigenvalue weighted by Crippen LogP contribution is 2.16. The summed E-state index contributed by atoms with van der Waals surface area (Å²) in [5, 5.41) is 10.9. The van der Waals surface area contributed by atoms with E-state index in [2.05, 4.69) is 15.5 Å². The summed E-state index contributed by atoms with van der Waals surface area (Å²) in [5.74, 6) is 1.84. The number of furan rings is 1. The van der Waals surface area contributed by atoms with Crippen LogP contribution in [0.3, 0.4) is 0 Å². The van der Waals surface area contributed by atoms with E-state index >= 15 is 0 Å². The van der Waals surface area contributed by atoms with Crippen LogP contribution in [0.5, 0.6) is 0 Å². The van der Waals surface area contributed by atoms with Gasteiger partial charge in [-0.1, -0.05) is 0 Å². The molecule has 0 spiro atoms. The van der Waals surface area contributed by atoms with Gasteiger partial charge in [-0.2, -0.15) is 0 Å². The molecule has 0 aliphatic rings.